The molecular weight excluding hydrogens is 336 g/mol. The minimum Gasteiger partial charge on any atom is -0.335 e. The molecule has 0 saturated carbocycles. The fourth-order valence-corrected chi connectivity index (χ4v) is 3.77. The molecule has 1 unspecified atom stereocenters. The summed E-state index contributed by atoms with van der Waals surface area (Å²) in [6.07, 6.45) is -0.107. The number of carbonyl (C=O) groups excluding carboxylic acids is 1. The van der Waals surface area contributed by atoms with Crippen molar-refractivity contribution in [1.29, 1.82) is 0 Å². The summed E-state index contributed by atoms with van der Waals surface area (Å²) in [4.78, 5) is 17.9. The van der Waals surface area contributed by atoms with Crippen molar-refractivity contribution < 1.29 is 13.6 Å². The minimum atomic E-state index is -2.64. The molecular formula is C17H22ClF2N3O. The Morgan fingerprint density at radius 2 is 2.08 bits per heavy atom. The van der Waals surface area contributed by atoms with Crippen molar-refractivity contribution in [2.24, 2.45) is 0 Å². The number of amides is 1. The van der Waals surface area contributed by atoms with Crippen molar-refractivity contribution in [3.8, 4) is 0 Å². The second-order valence-electron chi connectivity index (χ2n) is 7.02. The molecule has 0 aliphatic carbocycles. The fraction of sp³-hybridized carbons (Fsp3) is 0.588. The molecule has 3 rings (SSSR count). The van der Waals surface area contributed by atoms with Gasteiger partial charge in [-0.1, -0.05) is 17.7 Å². The van der Waals surface area contributed by atoms with Crippen molar-refractivity contribution in [2.75, 3.05) is 40.3 Å². The van der Waals surface area contributed by atoms with E-state index in [9.17, 15) is 13.6 Å². The quantitative estimate of drug-likeness (QED) is 0.828. The molecule has 0 aromatic heterocycles. The number of rotatable bonds is 4. The van der Waals surface area contributed by atoms with Crippen molar-refractivity contribution in [3.63, 3.8) is 0 Å². The summed E-state index contributed by atoms with van der Waals surface area (Å²) < 4.78 is 27.7. The van der Waals surface area contributed by atoms with E-state index in [1.807, 2.05) is 23.9 Å². The van der Waals surface area contributed by atoms with Crippen LogP contribution < -0.4 is 0 Å². The van der Waals surface area contributed by atoms with Crippen LogP contribution >= 0.6 is 11.6 Å². The van der Waals surface area contributed by atoms with Gasteiger partial charge in [-0.2, -0.15) is 0 Å². The Hall–Kier alpha value is -1.24. The Labute approximate surface area is 146 Å². The summed E-state index contributed by atoms with van der Waals surface area (Å²) in [5.74, 6) is -2.73. The molecule has 0 N–H and O–H groups in total. The monoisotopic (exact) mass is 357 g/mol. The standard InChI is InChI=1S/C17H22ClF2N3O/c1-21(2)8-14-7-17(19,20)11-23(14)15-9-22(10-15)16(24)12-4-3-5-13(18)6-12/h3-6,14-15H,7-11H2,1-2H3. The van der Waals surface area contributed by atoms with Gasteiger partial charge in [0.2, 0.25) is 0 Å². The first-order valence-electron chi connectivity index (χ1n) is 8.08. The van der Waals surface area contributed by atoms with Gasteiger partial charge in [0, 0.05) is 48.7 Å². The number of alkyl halides is 2. The molecule has 0 radical (unpaired) electrons. The molecule has 2 fully saturated rings. The van der Waals surface area contributed by atoms with Crippen molar-refractivity contribution in [2.45, 2.75) is 24.4 Å². The van der Waals surface area contributed by atoms with Crippen molar-refractivity contribution >= 4 is 17.5 Å². The number of hydrogen-bond donors (Lipinski definition) is 0. The summed E-state index contributed by atoms with van der Waals surface area (Å²) in [5, 5.41) is 0.517. The van der Waals surface area contributed by atoms with Crippen molar-refractivity contribution in [3.05, 3.63) is 34.9 Å². The highest BCUT2D eigenvalue weighted by Gasteiger charge is 2.50. The van der Waals surface area contributed by atoms with Crippen LogP contribution in [0.2, 0.25) is 5.02 Å². The van der Waals surface area contributed by atoms with Gasteiger partial charge in [-0.05, 0) is 32.3 Å². The lowest BCUT2D eigenvalue weighted by atomic mass is 10.0. The fourth-order valence-electron chi connectivity index (χ4n) is 3.58. The molecule has 1 aromatic carbocycles. The molecule has 1 atom stereocenters. The Morgan fingerprint density at radius 3 is 2.71 bits per heavy atom. The van der Waals surface area contributed by atoms with Gasteiger partial charge < -0.3 is 9.80 Å². The van der Waals surface area contributed by atoms with Gasteiger partial charge in [0.15, 0.2) is 0 Å². The summed E-state index contributed by atoms with van der Waals surface area (Å²) in [6.45, 7) is 1.38. The summed E-state index contributed by atoms with van der Waals surface area (Å²) in [5.41, 5.74) is 0.539. The maximum Gasteiger partial charge on any atom is 0.262 e. The third kappa shape index (κ3) is 3.71. The van der Waals surface area contributed by atoms with E-state index in [1.54, 1.807) is 29.2 Å². The molecule has 2 aliphatic heterocycles. The zero-order valence-corrected chi connectivity index (χ0v) is 14.6. The van der Waals surface area contributed by atoms with Crippen LogP contribution in [0, 0.1) is 0 Å². The Balaban J connectivity index is 1.61. The first-order chi connectivity index (χ1) is 11.2. The van der Waals surface area contributed by atoms with Gasteiger partial charge >= 0.3 is 0 Å². The van der Waals surface area contributed by atoms with Crippen LogP contribution in [0.15, 0.2) is 24.3 Å². The Bertz CT molecular complexity index is 620. The molecule has 7 heteroatoms. The molecule has 4 nitrogen and oxygen atoms in total. The molecule has 2 aliphatic rings. The summed E-state index contributed by atoms with van der Waals surface area (Å²) >= 11 is 5.92. The topological polar surface area (TPSA) is 26.8 Å². The first kappa shape index (κ1) is 17.6. The summed E-state index contributed by atoms with van der Waals surface area (Å²) in [7, 11) is 3.79. The van der Waals surface area contributed by atoms with E-state index in [1.165, 1.54) is 0 Å². The second-order valence-corrected chi connectivity index (χ2v) is 7.46. The molecule has 132 valence electrons. The number of likely N-dealkylation sites (N-methyl/N-ethyl adjacent to an activating group) is 1. The third-order valence-electron chi connectivity index (χ3n) is 4.68. The minimum absolute atomic E-state index is 0.00598. The SMILES string of the molecule is CN(C)CC1CC(F)(F)CN1C1CN(C(=O)c2cccc(Cl)c2)C1. The highest BCUT2D eigenvalue weighted by atomic mass is 35.5. The Kier molecular flexibility index (Phi) is 4.82. The van der Waals surface area contributed by atoms with Crippen LogP contribution in [-0.2, 0) is 0 Å². The molecule has 0 spiro atoms. The molecule has 24 heavy (non-hydrogen) atoms. The molecule has 1 amide bonds. The number of halogens is 3. The average Bonchev–Trinajstić information content (AvgIpc) is 2.71. The predicted octanol–water partition coefficient (Wildman–Crippen LogP) is 2.44. The maximum atomic E-state index is 13.8. The lowest BCUT2D eigenvalue weighted by Crippen LogP contribution is -2.63. The lowest BCUT2D eigenvalue weighted by Gasteiger charge is -2.46. The predicted molar refractivity (Wildman–Crippen MR) is 89.8 cm³/mol. The number of hydrogen-bond acceptors (Lipinski definition) is 3. The van der Waals surface area contributed by atoms with Crippen LogP contribution in [0.4, 0.5) is 8.78 Å². The zero-order valence-electron chi connectivity index (χ0n) is 13.9. The molecule has 0 bridgehead atoms. The molecule has 2 saturated heterocycles. The van der Waals surface area contributed by atoms with Gasteiger partial charge in [-0.3, -0.25) is 9.69 Å². The van der Waals surface area contributed by atoms with Crippen LogP contribution in [0.25, 0.3) is 0 Å². The van der Waals surface area contributed by atoms with E-state index in [-0.39, 0.29) is 31.0 Å². The average molecular weight is 358 g/mol. The second kappa shape index (κ2) is 6.58. The van der Waals surface area contributed by atoms with Gasteiger partial charge in [-0.25, -0.2) is 8.78 Å². The number of carbonyl (C=O) groups is 1. The highest BCUT2D eigenvalue weighted by Crippen LogP contribution is 2.35. The van der Waals surface area contributed by atoms with Gasteiger partial charge in [0.25, 0.3) is 11.8 Å². The highest BCUT2D eigenvalue weighted by molar-refractivity contribution is 6.30. The van der Waals surface area contributed by atoms with Crippen LogP contribution in [0.1, 0.15) is 16.8 Å². The Morgan fingerprint density at radius 1 is 1.38 bits per heavy atom. The summed E-state index contributed by atoms with van der Waals surface area (Å²) in [6, 6.07) is 6.65. The van der Waals surface area contributed by atoms with Gasteiger partial charge in [0.05, 0.1) is 6.54 Å². The number of likely N-dealkylation sites (tertiary alicyclic amines) is 2. The van der Waals surface area contributed by atoms with Crippen LogP contribution in [0.3, 0.4) is 0 Å². The molecule has 1 aromatic rings. The van der Waals surface area contributed by atoms with E-state index in [4.69, 9.17) is 11.6 Å². The first-order valence-corrected chi connectivity index (χ1v) is 8.46. The van der Waals surface area contributed by atoms with E-state index in [0.717, 1.165) is 0 Å². The smallest absolute Gasteiger partial charge is 0.262 e. The number of benzene rings is 1. The van der Waals surface area contributed by atoms with E-state index in [0.29, 0.717) is 30.2 Å². The van der Waals surface area contributed by atoms with Gasteiger partial charge in [-0.15, -0.1) is 0 Å². The van der Waals surface area contributed by atoms with Crippen LogP contribution in [0.5, 0.6) is 0 Å². The third-order valence-corrected chi connectivity index (χ3v) is 4.92. The zero-order chi connectivity index (χ0) is 17.5. The van der Waals surface area contributed by atoms with E-state index in [2.05, 4.69) is 0 Å². The van der Waals surface area contributed by atoms with Crippen molar-refractivity contribution in [1.82, 2.24) is 14.7 Å². The van der Waals surface area contributed by atoms with Gasteiger partial charge in [0.1, 0.15) is 0 Å². The van der Waals surface area contributed by atoms with E-state index >= 15 is 0 Å². The van der Waals surface area contributed by atoms with Crippen LogP contribution in [-0.4, -0.2) is 78.9 Å². The largest absolute Gasteiger partial charge is 0.335 e. The lowest BCUT2D eigenvalue weighted by molar-refractivity contribution is -0.0114. The normalized spacial score (nSPS) is 24.4. The molecule has 2 heterocycles. The van der Waals surface area contributed by atoms with E-state index < -0.39 is 5.92 Å². The number of nitrogens with zero attached hydrogens (tertiary/aromatic N) is 3. The maximum absolute atomic E-state index is 13.8.